The highest BCUT2D eigenvalue weighted by atomic mass is 79.9. The Labute approximate surface area is 203 Å². The molecule has 162 valence electrons. The number of rotatable bonds is 7. The Balaban J connectivity index is 1.83. The molecule has 0 bridgehead atoms. The summed E-state index contributed by atoms with van der Waals surface area (Å²) in [6, 6.07) is 10.0. The van der Waals surface area contributed by atoms with Crippen molar-refractivity contribution in [3.63, 3.8) is 0 Å². The number of thiocarbonyl (C=S) groups is 1. The fraction of sp³-hybridized carbons (Fsp3) is 0.190. The van der Waals surface area contributed by atoms with Crippen molar-refractivity contribution in [2.24, 2.45) is 0 Å². The third-order valence-corrected chi connectivity index (χ3v) is 6.14. The van der Waals surface area contributed by atoms with Crippen molar-refractivity contribution in [3.05, 3.63) is 61.9 Å². The summed E-state index contributed by atoms with van der Waals surface area (Å²) >= 11 is 15.8. The molecular formula is C21H18BrClN2O4S2. The zero-order valence-corrected chi connectivity index (χ0v) is 20.6. The first-order valence-corrected chi connectivity index (χ1v) is 11.7. The van der Waals surface area contributed by atoms with Gasteiger partial charge < -0.3 is 9.47 Å². The second kappa shape index (κ2) is 10.5. The molecule has 0 saturated carbocycles. The van der Waals surface area contributed by atoms with E-state index in [1.807, 2.05) is 19.9 Å². The van der Waals surface area contributed by atoms with Crippen LogP contribution in [0.2, 0.25) is 5.02 Å². The number of hydrogen-bond donors (Lipinski definition) is 1. The van der Waals surface area contributed by atoms with Gasteiger partial charge in [0.1, 0.15) is 0 Å². The fourth-order valence-electron chi connectivity index (χ4n) is 2.73. The quantitative estimate of drug-likeness (QED) is 0.372. The van der Waals surface area contributed by atoms with Gasteiger partial charge in [-0.05, 0) is 84.0 Å². The predicted octanol–water partition coefficient (Wildman–Crippen LogP) is 5.45. The molecule has 1 heterocycles. The SMILES string of the molecule is CCOc1cc(/C=C2\SC(=S)N(NC(=O)c3cccc(Cl)c3)C2=O)cc(Br)c1OCC. The second-order valence-electron chi connectivity index (χ2n) is 6.16. The number of nitrogens with zero attached hydrogens (tertiary/aromatic N) is 1. The molecule has 10 heteroatoms. The molecule has 1 N–H and O–H groups in total. The Bertz CT molecular complexity index is 1080. The Morgan fingerprint density at radius 2 is 2.00 bits per heavy atom. The van der Waals surface area contributed by atoms with Crippen LogP contribution in [0, 0.1) is 0 Å². The van der Waals surface area contributed by atoms with E-state index in [0.29, 0.717) is 44.7 Å². The number of nitrogens with one attached hydrogen (secondary N) is 1. The molecule has 1 aliphatic rings. The first-order valence-electron chi connectivity index (χ1n) is 9.27. The van der Waals surface area contributed by atoms with Gasteiger partial charge in [0.15, 0.2) is 15.8 Å². The summed E-state index contributed by atoms with van der Waals surface area (Å²) in [7, 11) is 0. The monoisotopic (exact) mass is 540 g/mol. The number of hydrazine groups is 1. The highest BCUT2D eigenvalue weighted by Crippen LogP contribution is 2.39. The smallest absolute Gasteiger partial charge is 0.285 e. The minimum atomic E-state index is -0.484. The van der Waals surface area contributed by atoms with Gasteiger partial charge in [-0.2, -0.15) is 5.01 Å². The zero-order valence-electron chi connectivity index (χ0n) is 16.6. The number of carbonyl (C=O) groups excluding carboxylic acids is 2. The third kappa shape index (κ3) is 5.60. The minimum Gasteiger partial charge on any atom is -0.490 e. The summed E-state index contributed by atoms with van der Waals surface area (Å²) in [5.74, 6) is 0.258. The summed E-state index contributed by atoms with van der Waals surface area (Å²) in [5, 5.41) is 1.48. The molecule has 1 aliphatic heterocycles. The molecule has 6 nitrogen and oxygen atoms in total. The van der Waals surface area contributed by atoms with Crippen molar-refractivity contribution in [1.82, 2.24) is 10.4 Å². The van der Waals surface area contributed by atoms with Gasteiger partial charge in [-0.25, -0.2) is 0 Å². The first kappa shape index (κ1) is 23.6. The van der Waals surface area contributed by atoms with Crippen LogP contribution in [-0.2, 0) is 4.79 Å². The Hall–Kier alpha value is -2.07. The molecule has 0 aliphatic carbocycles. The van der Waals surface area contributed by atoms with Crippen LogP contribution >= 0.6 is 51.5 Å². The maximum absolute atomic E-state index is 12.9. The number of benzene rings is 2. The highest BCUT2D eigenvalue weighted by molar-refractivity contribution is 9.10. The lowest BCUT2D eigenvalue weighted by molar-refractivity contribution is -0.123. The molecule has 0 aromatic heterocycles. The zero-order chi connectivity index (χ0) is 22.5. The van der Waals surface area contributed by atoms with Crippen molar-refractivity contribution in [2.45, 2.75) is 13.8 Å². The van der Waals surface area contributed by atoms with E-state index < -0.39 is 11.8 Å². The van der Waals surface area contributed by atoms with Gasteiger partial charge in [-0.1, -0.05) is 29.4 Å². The van der Waals surface area contributed by atoms with Gasteiger partial charge in [0.25, 0.3) is 11.8 Å². The number of amides is 2. The van der Waals surface area contributed by atoms with E-state index in [1.54, 1.807) is 30.3 Å². The molecule has 31 heavy (non-hydrogen) atoms. The van der Waals surface area contributed by atoms with Crippen LogP contribution in [0.15, 0.2) is 45.8 Å². The summed E-state index contributed by atoms with van der Waals surface area (Å²) in [6.45, 7) is 4.72. The van der Waals surface area contributed by atoms with Crippen LogP contribution in [0.1, 0.15) is 29.8 Å². The molecule has 1 fully saturated rings. The molecule has 0 atom stereocenters. The predicted molar refractivity (Wildman–Crippen MR) is 130 cm³/mol. The van der Waals surface area contributed by atoms with Crippen LogP contribution in [0.4, 0.5) is 0 Å². The van der Waals surface area contributed by atoms with Crippen LogP contribution in [0.5, 0.6) is 11.5 Å². The van der Waals surface area contributed by atoms with E-state index in [1.165, 1.54) is 6.07 Å². The van der Waals surface area contributed by atoms with Gasteiger partial charge in [-0.15, -0.1) is 0 Å². The van der Waals surface area contributed by atoms with Gasteiger partial charge in [0.05, 0.1) is 22.6 Å². The van der Waals surface area contributed by atoms with E-state index in [-0.39, 0.29) is 4.32 Å². The van der Waals surface area contributed by atoms with Crippen molar-refractivity contribution in [3.8, 4) is 11.5 Å². The second-order valence-corrected chi connectivity index (χ2v) is 9.13. The normalized spacial score (nSPS) is 14.8. The summed E-state index contributed by atoms with van der Waals surface area (Å²) in [5.41, 5.74) is 3.58. The number of thioether (sulfide) groups is 1. The van der Waals surface area contributed by atoms with Crippen molar-refractivity contribution in [2.75, 3.05) is 13.2 Å². The summed E-state index contributed by atoms with van der Waals surface area (Å²) in [4.78, 5) is 25.7. The Morgan fingerprint density at radius 3 is 2.68 bits per heavy atom. The number of ether oxygens (including phenoxy) is 2. The van der Waals surface area contributed by atoms with Crippen LogP contribution in [0.25, 0.3) is 6.08 Å². The molecule has 2 aromatic carbocycles. The molecule has 0 unspecified atom stereocenters. The minimum absolute atomic E-state index is 0.224. The van der Waals surface area contributed by atoms with Crippen LogP contribution in [-0.4, -0.2) is 34.4 Å². The summed E-state index contributed by atoms with van der Waals surface area (Å²) in [6.07, 6.45) is 1.69. The topological polar surface area (TPSA) is 67.9 Å². The molecule has 0 spiro atoms. The van der Waals surface area contributed by atoms with Gasteiger partial charge >= 0.3 is 0 Å². The van der Waals surface area contributed by atoms with Crippen LogP contribution in [0.3, 0.4) is 0 Å². The Morgan fingerprint density at radius 1 is 1.26 bits per heavy atom. The third-order valence-electron chi connectivity index (χ3n) is 4.01. The van der Waals surface area contributed by atoms with E-state index in [2.05, 4.69) is 21.4 Å². The maximum Gasteiger partial charge on any atom is 0.285 e. The number of halogens is 2. The standard InChI is InChI=1S/C21H18BrClN2O4S2/c1-3-28-16-9-12(8-15(22)18(16)29-4-2)10-17-20(27)25(21(30)31-17)24-19(26)13-6-5-7-14(23)11-13/h5-11H,3-4H2,1-2H3,(H,24,26)/b17-10-. The molecule has 3 rings (SSSR count). The lowest BCUT2D eigenvalue weighted by Crippen LogP contribution is -2.44. The van der Waals surface area contributed by atoms with Crippen molar-refractivity contribution in [1.29, 1.82) is 0 Å². The molecule has 2 aromatic rings. The van der Waals surface area contributed by atoms with E-state index in [0.717, 1.165) is 22.3 Å². The lowest BCUT2D eigenvalue weighted by atomic mass is 10.2. The Kier molecular flexibility index (Phi) is 7.99. The van der Waals surface area contributed by atoms with Crippen molar-refractivity contribution >= 4 is 73.7 Å². The first-order chi connectivity index (χ1) is 14.8. The molecule has 1 saturated heterocycles. The fourth-order valence-corrected chi connectivity index (χ4v) is 4.67. The maximum atomic E-state index is 12.9. The molecule has 0 radical (unpaired) electrons. The average molecular weight is 542 g/mol. The lowest BCUT2D eigenvalue weighted by Gasteiger charge is -2.15. The number of hydrogen-bond acceptors (Lipinski definition) is 6. The largest absolute Gasteiger partial charge is 0.490 e. The molecule has 2 amide bonds. The van der Waals surface area contributed by atoms with Crippen LogP contribution < -0.4 is 14.9 Å². The summed E-state index contributed by atoms with van der Waals surface area (Å²) < 4.78 is 12.2. The van der Waals surface area contributed by atoms with E-state index in [4.69, 9.17) is 33.3 Å². The average Bonchev–Trinajstić information content (AvgIpc) is 2.98. The van der Waals surface area contributed by atoms with E-state index >= 15 is 0 Å². The van der Waals surface area contributed by atoms with Gasteiger partial charge in [0.2, 0.25) is 0 Å². The van der Waals surface area contributed by atoms with E-state index in [9.17, 15) is 9.59 Å². The number of carbonyl (C=O) groups is 2. The van der Waals surface area contributed by atoms with Crippen molar-refractivity contribution < 1.29 is 19.1 Å². The molecular weight excluding hydrogens is 524 g/mol. The highest BCUT2D eigenvalue weighted by Gasteiger charge is 2.34. The van der Waals surface area contributed by atoms with Gasteiger partial charge in [0, 0.05) is 10.6 Å². The van der Waals surface area contributed by atoms with Gasteiger partial charge in [-0.3, -0.25) is 15.0 Å².